The zero-order valence-electron chi connectivity index (χ0n) is 9.16. The summed E-state index contributed by atoms with van der Waals surface area (Å²) in [5, 5.41) is 4.00. The van der Waals surface area contributed by atoms with E-state index in [0.29, 0.717) is 15.6 Å². The highest BCUT2D eigenvalue weighted by Gasteiger charge is 2.15. The summed E-state index contributed by atoms with van der Waals surface area (Å²) in [4.78, 5) is 22.4. The molecule has 18 heavy (non-hydrogen) atoms. The molecule has 0 aromatic carbocycles. The first-order valence-corrected chi connectivity index (χ1v) is 5.55. The third-order valence-corrected chi connectivity index (χ3v) is 2.66. The Balaban J connectivity index is 2.82. The van der Waals surface area contributed by atoms with Crippen molar-refractivity contribution in [3.05, 3.63) is 38.9 Å². The maximum atomic E-state index is 11.5. The summed E-state index contributed by atoms with van der Waals surface area (Å²) in [5.41, 5.74) is 9.21. The van der Waals surface area contributed by atoms with Crippen LogP contribution in [0.25, 0.3) is 21.5 Å². The lowest BCUT2D eigenvalue weighted by Crippen LogP contribution is -2.03. The van der Waals surface area contributed by atoms with Crippen molar-refractivity contribution in [2.45, 2.75) is 0 Å². The van der Waals surface area contributed by atoms with Crippen LogP contribution in [-0.2, 0) is 4.74 Å². The molecule has 0 saturated heterocycles. The highest BCUT2D eigenvalue weighted by Crippen LogP contribution is 2.29. The van der Waals surface area contributed by atoms with Crippen molar-refractivity contribution in [3.8, 4) is 0 Å². The topological polar surface area (TPSA) is 101 Å². The van der Waals surface area contributed by atoms with Crippen LogP contribution in [0.15, 0.2) is 28.0 Å². The van der Waals surface area contributed by atoms with Crippen molar-refractivity contribution in [2.24, 2.45) is 5.11 Å². The second-order valence-corrected chi connectivity index (χ2v) is 4.02. The van der Waals surface area contributed by atoms with E-state index in [9.17, 15) is 4.79 Å². The molecule has 0 aliphatic heterocycles. The predicted molar refractivity (Wildman–Crippen MR) is 67.4 cm³/mol. The van der Waals surface area contributed by atoms with Gasteiger partial charge in [-0.1, -0.05) is 5.11 Å². The van der Waals surface area contributed by atoms with Gasteiger partial charge < -0.3 is 4.74 Å². The molecule has 90 valence electrons. The van der Waals surface area contributed by atoms with Gasteiger partial charge in [-0.05, 0) is 33.6 Å². The van der Waals surface area contributed by atoms with E-state index >= 15 is 0 Å². The molecular formula is C10H6BrN5O2. The molecule has 0 unspecified atom stereocenters. The lowest BCUT2D eigenvalue weighted by molar-refractivity contribution is 0.0601. The van der Waals surface area contributed by atoms with Crippen LogP contribution in [0.4, 0.5) is 5.69 Å². The molecular weight excluding hydrogens is 302 g/mol. The van der Waals surface area contributed by atoms with Gasteiger partial charge in [-0.2, -0.15) is 0 Å². The molecule has 0 amide bonds. The molecule has 2 heterocycles. The Hall–Kier alpha value is -2.18. The number of carbonyl (C=O) groups is 1. The summed E-state index contributed by atoms with van der Waals surface area (Å²) in [5.74, 6) is -0.616. The highest BCUT2D eigenvalue weighted by atomic mass is 79.9. The molecule has 0 atom stereocenters. The fourth-order valence-electron chi connectivity index (χ4n) is 1.45. The number of azide groups is 1. The van der Waals surface area contributed by atoms with Gasteiger partial charge in [-0.3, -0.25) is 0 Å². The Bertz CT molecular complexity index is 681. The molecule has 2 aromatic rings. The SMILES string of the molecule is COC(=O)c1cnc2nc(Br)ccc2c1N=[N+]=[N-]. The van der Waals surface area contributed by atoms with Gasteiger partial charge >= 0.3 is 5.97 Å². The zero-order valence-corrected chi connectivity index (χ0v) is 10.7. The molecule has 8 heteroatoms. The van der Waals surface area contributed by atoms with E-state index in [0.717, 1.165) is 0 Å². The van der Waals surface area contributed by atoms with Crippen molar-refractivity contribution in [2.75, 3.05) is 7.11 Å². The summed E-state index contributed by atoms with van der Waals surface area (Å²) in [6.45, 7) is 0. The number of aromatic nitrogens is 2. The van der Waals surface area contributed by atoms with Crippen LogP contribution in [0, 0.1) is 0 Å². The standard InChI is InChI=1S/C10H6BrN5O2/c1-18-10(17)6-4-13-9-5(8(6)15-16-12)2-3-7(11)14-9/h2-4H,1H3. The Labute approximate surface area is 110 Å². The van der Waals surface area contributed by atoms with E-state index in [2.05, 4.69) is 40.7 Å². The minimum Gasteiger partial charge on any atom is -0.465 e. The van der Waals surface area contributed by atoms with E-state index in [4.69, 9.17) is 5.53 Å². The number of fused-ring (bicyclic) bond motifs is 1. The number of halogens is 1. The van der Waals surface area contributed by atoms with Gasteiger partial charge in [0.05, 0.1) is 18.4 Å². The average molecular weight is 308 g/mol. The summed E-state index contributed by atoms with van der Waals surface area (Å²) < 4.78 is 5.20. The van der Waals surface area contributed by atoms with E-state index in [1.165, 1.54) is 13.3 Å². The molecule has 7 nitrogen and oxygen atoms in total. The fourth-order valence-corrected chi connectivity index (χ4v) is 1.75. The molecule has 0 radical (unpaired) electrons. The van der Waals surface area contributed by atoms with E-state index < -0.39 is 5.97 Å². The molecule has 0 spiro atoms. The lowest BCUT2D eigenvalue weighted by atomic mass is 10.1. The van der Waals surface area contributed by atoms with Crippen molar-refractivity contribution < 1.29 is 9.53 Å². The maximum absolute atomic E-state index is 11.5. The summed E-state index contributed by atoms with van der Waals surface area (Å²) in [7, 11) is 1.24. The number of carbonyl (C=O) groups excluding carboxylic acids is 1. The molecule has 2 rings (SSSR count). The quantitative estimate of drug-likeness (QED) is 0.279. The van der Waals surface area contributed by atoms with Crippen LogP contribution in [0.5, 0.6) is 0 Å². The number of methoxy groups -OCH3 is 1. The fraction of sp³-hybridized carbons (Fsp3) is 0.100. The van der Waals surface area contributed by atoms with E-state index in [1.54, 1.807) is 12.1 Å². The smallest absolute Gasteiger partial charge is 0.339 e. The minimum absolute atomic E-state index is 0.104. The number of hydrogen-bond donors (Lipinski definition) is 0. The number of pyridine rings is 2. The van der Waals surface area contributed by atoms with Crippen molar-refractivity contribution >= 4 is 38.6 Å². The van der Waals surface area contributed by atoms with Crippen LogP contribution >= 0.6 is 15.9 Å². The van der Waals surface area contributed by atoms with Gasteiger partial charge in [0.25, 0.3) is 0 Å². The molecule has 0 fully saturated rings. The monoisotopic (exact) mass is 307 g/mol. The van der Waals surface area contributed by atoms with Crippen molar-refractivity contribution in [1.82, 2.24) is 9.97 Å². The number of ether oxygens (including phenoxy) is 1. The van der Waals surface area contributed by atoms with Crippen LogP contribution in [0.2, 0.25) is 0 Å². The average Bonchev–Trinajstić information content (AvgIpc) is 2.38. The summed E-state index contributed by atoms with van der Waals surface area (Å²) >= 11 is 3.21. The zero-order chi connectivity index (χ0) is 13.1. The van der Waals surface area contributed by atoms with E-state index in [1.807, 2.05) is 0 Å². The Morgan fingerprint density at radius 1 is 1.56 bits per heavy atom. The predicted octanol–water partition coefficient (Wildman–Crippen LogP) is 3.12. The van der Waals surface area contributed by atoms with Gasteiger partial charge in [0.15, 0.2) is 5.65 Å². The Kier molecular flexibility index (Phi) is 3.40. The second kappa shape index (κ2) is 4.99. The molecule has 0 bridgehead atoms. The first-order chi connectivity index (χ1) is 8.67. The van der Waals surface area contributed by atoms with Crippen LogP contribution in [-0.4, -0.2) is 23.0 Å². The van der Waals surface area contributed by atoms with Crippen LogP contribution in [0.1, 0.15) is 10.4 Å². The molecule has 0 N–H and O–H groups in total. The lowest BCUT2D eigenvalue weighted by Gasteiger charge is -2.06. The summed E-state index contributed by atoms with van der Waals surface area (Å²) in [6.07, 6.45) is 1.28. The van der Waals surface area contributed by atoms with E-state index in [-0.39, 0.29) is 11.3 Å². The third kappa shape index (κ3) is 2.11. The highest BCUT2D eigenvalue weighted by molar-refractivity contribution is 9.10. The number of hydrogen-bond acceptors (Lipinski definition) is 5. The molecule has 0 aliphatic rings. The molecule has 2 aromatic heterocycles. The number of esters is 1. The molecule has 0 aliphatic carbocycles. The van der Waals surface area contributed by atoms with Gasteiger partial charge in [0.2, 0.25) is 0 Å². The van der Waals surface area contributed by atoms with Crippen molar-refractivity contribution in [3.63, 3.8) is 0 Å². The Morgan fingerprint density at radius 3 is 3.00 bits per heavy atom. The second-order valence-electron chi connectivity index (χ2n) is 3.21. The first kappa shape index (κ1) is 12.3. The number of nitrogens with zero attached hydrogens (tertiary/aromatic N) is 5. The Morgan fingerprint density at radius 2 is 2.33 bits per heavy atom. The molecule has 0 saturated carbocycles. The maximum Gasteiger partial charge on any atom is 0.339 e. The van der Waals surface area contributed by atoms with Gasteiger partial charge in [-0.25, -0.2) is 14.8 Å². The van der Waals surface area contributed by atoms with Gasteiger partial charge in [-0.15, -0.1) is 0 Å². The van der Waals surface area contributed by atoms with Crippen LogP contribution in [0.3, 0.4) is 0 Å². The van der Waals surface area contributed by atoms with Gasteiger partial charge in [0, 0.05) is 16.5 Å². The normalized spacial score (nSPS) is 9.89. The minimum atomic E-state index is -0.616. The largest absolute Gasteiger partial charge is 0.465 e. The third-order valence-electron chi connectivity index (χ3n) is 2.22. The first-order valence-electron chi connectivity index (χ1n) is 4.76. The van der Waals surface area contributed by atoms with Crippen LogP contribution < -0.4 is 0 Å². The summed E-state index contributed by atoms with van der Waals surface area (Å²) in [6, 6.07) is 3.33. The number of rotatable bonds is 2. The van der Waals surface area contributed by atoms with Gasteiger partial charge in [0.1, 0.15) is 4.60 Å². The van der Waals surface area contributed by atoms with Crippen molar-refractivity contribution in [1.29, 1.82) is 0 Å².